The molecule has 0 aromatic heterocycles. The molecule has 0 N–H and O–H groups in total. The summed E-state index contributed by atoms with van der Waals surface area (Å²) in [6, 6.07) is 40.0. The van der Waals surface area contributed by atoms with Gasteiger partial charge in [-0.25, -0.2) is 0 Å². The van der Waals surface area contributed by atoms with Crippen LogP contribution in [0, 0.1) is 13.8 Å². The van der Waals surface area contributed by atoms with Gasteiger partial charge in [-0.05, 0) is 59.7 Å². The van der Waals surface area contributed by atoms with Crippen LogP contribution in [0.5, 0.6) is 0 Å². The molecule has 0 unspecified atom stereocenters. The molecule has 6 aromatic carbocycles. The van der Waals surface area contributed by atoms with Crippen molar-refractivity contribution in [1.29, 1.82) is 0 Å². The summed E-state index contributed by atoms with van der Waals surface area (Å²) in [5, 5.41) is 5.36. The Balaban J connectivity index is 0.000000214. The second-order valence-corrected chi connectivity index (χ2v) is 92.9. The van der Waals surface area contributed by atoms with Crippen molar-refractivity contribution < 1.29 is 9.29 Å². The third kappa shape index (κ3) is 12.7. The molecule has 2 radical (unpaired) electrons. The third-order valence-corrected chi connectivity index (χ3v) is 7.70. The molecule has 6 aromatic rings. The second kappa shape index (κ2) is 18.1. The number of halogens is 4. The number of aryl methyl sites for hydroxylation is 2. The molecule has 0 heterocycles. The fourth-order valence-corrected chi connectivity index (χ4v) is 5.45. The van der Waals surface area contributed by atoms with Gasteiger partial charge in [0.05, 0.1) is 42.3 Å². The van der Waals surface area contributed by atoms with E-state index in [1.165, 1.54) is 66.3 Å². The molecule has 0 amide bonds. The quantitative estimate of drug-likeness (QED) is 0.0714. The van der Waals surface area contributed by atoms with E-state index in [0.717, 1.165) is 18.5 Å². The molecule has 48 heavy (non-hydrogen) atoms. The van der Waals surface area contributed by atoms with Gasteiger partial charge in [0.15, 0.2) is 0 Å². The molecular weight excluding hydrogens is 1040 g/mol. The SMILES string of the molecule is C[Si]C.Cc1cc2c(-c3ccc([N+](C)(C)C)cc3)cccc2[cH-]1.Cc1cc2c(-c3ccc([N+](C)(C)C)cc3)cccc2[cH-]1.[Cl][Hf]([Cl])([I])[I]. The Labute approximate surface area is 322 Å². The third-order valence-electron chi connectivity index (χ3n) is 7.70. The van der Waals surface area contributed by atoms with E-state index in [4.69, 9.17) is 17.2 Å². The summed E-state index contributed by atoms with van der Waals surface area (Å²) in [4.78, 5) is 0. The summed E-state index contributed by atoms with van der Waals surface area (Å²) in [6.45, 7) is 8.62. The predicted octanol–water partition coefficient (Wildman–Crippen LogP) is 13.4. The molecule has 0 spiro atoms. The van der Waals surface area contributed by atoms with Crippen LogP contribution in [0.2, 0.25) is 13.1 Å². The molecular formula is C40H48Cl2HfI2N2Si. The Bertz CT molecular complexity index is 1750. The van der Waals surface area contributed by atoms with E-state index in [1.54, 1.807) is 0 Å². The fraction of sp³-hybridized carbons (Fsp3) is 0.250. The first kappa shape index (κ1) is 41.6. The van der Waals surface area contributed by atoms with E-state index in [-0.39, 0.29) is 0 Å². The number of nitrogens with zero attached hydrogens (tertiary/aromatic N) is 2. The van der Waals surface area contributed by atoms with Crippen LogP contribution in [0.15, 0.2) is 109 Å². The Morgan fingerprint density at radius 2 is 0.854 bits per heavy atom. The molecule has 0 aliphatic heterocycles. The van der Waals surface area contributed by atoms with Gasteiger partial charge in [0, 0.05) is 9.52 Å². The van der Waals surface area contributed by atoms with Gasteiger partial charge in [-0.3, -0.25) is 8.97 Å². The molecule has 2 nitrogen and oxygen atoms in total. The molecule has 8 heteroatoms. The average Bonchev–Trinajstić information content (AvgIpc) is 3.57. The Hall–Kier alpha value is -0.853. The molecule has 0 fully saturated rings. The molecule has 254 valence electrons. The van der Waals surface area contributed by atoms with Crippen molar-refractivity contribution in [1.82, 2.24) is 8.97 Å². The summed E-state index contributed by atoms with van der Waals surface area (Å²) in [6.07, 6.45) is 0. The molecule has 0 saturated heterocycles. The van der Waals surface area contributed by atoms with Crippen LogP contribution in [0.3, 0.4) is 0 Å². The van der Waals surface area contributed by atoms with Crippen molar-refractivity contribution in [2.75, 3.05) is 42.3 Å². The van der Waals surface area contributed by atoms with Gasteiger partial charge < -0.3 is 0 Å². The summed E-state index contributed by atoms with van der Waals surface area (Å²) in [5.74, 6) is 0. The molecule has 0 aliphatic rings. The summed E-state index contributed by atoms with van der Waals surface area (Å²) in [7, 11) is 22.8. The van der Waals surface area contributed by atoms with Crippen LogP contribution in [0.1, 0.15) is 11.1 Å². The molecule has 6 rings (SSSR count). The average molecular weight is 1090 g/mol. The van der Waals surface area contributed by atoms with Crippen LogP contribution in [0.25, 0.3) is 43.8 Å². The number of benzene rings is 4. The number of quaternary nitrogens is 2. The van der Waals surface area contributed by atoms with Crippen molar-refractivity contribution in [2.45, 2.75) is 26.9 Å². The minimum absolute atomic E-state index is 0.847. The van der Waals surface area contributed by atoms with Gasteiger partial charge in [0.25, 0.3) is 0 Å². The maximum atomic E-state index is 5.49. The first-order chi connectivity index (χ1) is 22.3. The van der Waals surface area contributed by atoms with E-state index >= 15 is 0 Å². The van der Waals surface area contributed by atoms with Crippen molar-refractivity contribution >= 4 is 95.9 Å². The predicted molar refractivity (Wildman–Crippen MR) is 236 cm³/mol. The van der Waals surface area contributed by atoms with Crippen LogP contribution < -0.4 is 8.97 Å². The maximum absolute atomic E-state index is 5.49. The first-order valence-electron chi connectivity index (χ1n) is 15.8. The normalized spacial score (nSPS) is 11.6. The zero-order valence-electron chi connectivity index (χ0n) is 29.8. The molecule has 0 atom stereocenters. The van der Waals surface area contributed by atoms with Gasteiger partial charge in [0.1, 0.15) is 11.4 Å². The first-order valence-corrected chi connectivity index (χ1v) is 47.1. The van der Waals surface area contributed by atoms with E-state index in [0.29, 0.717) is 0 Å². The van der Waals surface area contributed by atoms with Crippen molar-refractivity contribution in [2.24, 2.45) is 0 Å². The van der Waals surface area contributed by atoms with Gasteiger partial charge in [-0.15, -0.1) is 69.1 Å². The summed E-state index contributed by atoms with van der Waals surface area (Å²) < 4.78 is 1.69. The standard InChI is InChI=1S/2C19H21N.C2H6Si.2ClH.Hf.2HI/c2*1-14-12-16-6-5-7-18(19(16)13-14)15-8-10-17(11-9-15)20(2,3)4;1-3-2;;;;;/h2*5-13H,1-4H3;1-2H3;2*1H;;2*1H/q;;;;;+4;;/p-4. The number of rotatable bonds is 4. The van der Waals surface area contributed by atoms with Crippen LogP contribution in [-0.2, 0) is 9.29 Å². The Morgan fingerprint density at radius 1 is 0.562 bits per heavy atom. The molecule has 0 bridgehead atoms. The minimum atomic E-state index is -2.39. The van der Waals surface area contributed by atoms with Crippen molar-refractivity contribution in [3.05, 3.63) is 120 Å². The van der Waals surface area contributed by atoms with Gasteiger partial charge >= 0.3 is 62.7 Å². The summed E-state index contributed by atoms with van der Waals surface area (Å²) in [5.41, 5.74) is 10.5. The van der Waals surface area contributed by atoms with E-state index in [2.05, 4.69) is 215 Å². The van der Waals surface area contributed by atoms with E-state index < -0.39 is 9.29 Å². The van der Waals surface area contributed by atoms with Gasteiger partial charge in [-0.2, -0.15) is 12.1 Å². The zero-order valence-corrected chi connectivity index (χ0v) is 40.2. The van der Waals surface area contributed by atoms with E-state index in [9.17, 15) is 0 Å². The monoisotopic (exact) mass is 1090 g/mol. The van der Waals surface area contributed by atoms with Crippen molar-refractivity contribution in [3.8, 4) is 22.3 Å². The Kier molecular flexibility index (Phi) is 15.6. The molecule has 0 aliphatic carbocycles. The van der Waals surface area contributed by atoms with Gasteiger partial charge in [0.2, 0.25) is 0 Å². The Morgan fingerprint density at radius 3 is 1.12 bits per heavy atom. The van der Waals surface area contributed by atoms with Crippen LogP contribution >= 0.6 is 53.4 Å². The fourth-order valence-electron chi connectivity index (χ4n) is 5.45. The van der Waals surface area contributed by atoms with Gasteiger partial charge in [-0.1, -0.05) is 50.2 Å². The summed E-state index contributed by atoms with van der Waals surface area (Å²) >= 11 is 4.23. The van der Waals surface area contributed by atoms with Crippen LogP contribution in [-0.4, -0.2) is 51.8 Å². The number of fused-ring (bicyclic) bond motifs is 2. The number of hydrogen-bond acceptors (Lipinski definition) is 0. The topological polar surface area (TPSA) is 0 Å². The zero-order chi connectivity index (χ0) is 35.9. The second-order valence-electron chi connectivity index (χ2n) is 13.7. The van der Waals surface area contributed by atoms with E-state index in [1.807, 2.05) is 0 Å². The molecule has 0 saturated carbocycles. The van der Waals surface area contributed by atoms with Crippen LogP contribution in [0.4, 0.5) is 11.4 Å². The number of hydrogen-bond donors (Lipinski definition) is 0. The van der Waals surface area contributed by atoms with Crippen molar-refractivity contribution in [3.63, 3.8) is 0 Å².